The van der Waals surface area contributed by atoms with E-state index in [-0.39, 0.29) is 0 Å². The van der Waals surface area contributed by atoms with Crippen molar-refractivity contribution in [2.24, 2.45) is 0 Å². The molecule has 0 atom stereocenters. The maximum Gasteiger partial charge on any atom is 0.293 e. The summed E-state index contributed by atoms with van der Waals surface area (Å²) < 4.78 is 4.34. The minimum Gasteiger partial charge on any atom is -0.468 e. The quantitative estimate of drug-likeness (QED) is 0.259. The molecule has 0 spiro atoms. The number of hydrogen-bond donors (Lipinski definition) is 0. The second-order valence-corrected chi connectivity index (χ2v) is 1.97. The number of carbonyl (C=O) groups excluding carboxylic acids is 1. The minimum absolute atomic E-state index is 0.484. The SMILES string of the molecule is O=COCC[SiH3]. The smallest absolute Gasteiger partial charge is 0.293 e. The predicted molar refractivity (Wildman–Crippen MR) is 26.8 cm³/mol. The minimum atomic E-state index is 0.484. The molecule has 0 rings (SSSR count). The Kier molecular flexibility index (Phi) is 4.44. The number of hydrogen-bond acceptors (Lipinski definition) is 2. The number of rotatable bonds is 3. The van der Waals surface area contributed by atoms with E-state index >= 15 is 0 Å². The lowest BCUT2D eigenvalue weighted by Crippen LogP contribution is -1.87. The van der Waals surface area contributed by atoms with Crippen LogP contribution < -0.4 is 0 Å². The molecule has 0 heterocycles. The van der Waals surface area contributed by atoms with Crippen LogP contribution in [-0.2, 0) is 9.53 Å². The zero-order valence-corrected chi connectivity index (χ0v) is 5.81. The van der Waals surface area contributed by atoms with Gasteiger partial charge in [0.25, 0.3) is 6.47 Å². The molecule has 0 aromatic carbocycles. The highest BCUT2D eigenvalue weighted by molar-refractivity contribution is 6.08. The molecule has 0 radical (unpaired) electrons. The first-order valence-corrected chi connectivity index (χ1v) is 3.38. The number of ether oxygens (including phenoxy) is 1. The van der Waals surface area contributed by atoms with Crippen LogP contribution in [0.1, 0.15) is 0 Å². The maximum absolute atomic E-state index is 9.36. The van der Waals surface area contributed by atoms with E-state index in [1.165, 1.54) is 0 Å². The van der Waals surface area contributed by atoms with Gasteiger partial charge in [-0.2, -0.15) is 0 Å². The zero-order chi connectivity index (χ0) is 4.83. The highest BCUT2D eigenvalue weighted by Crippen LogP contribution is 1.68. The Bertz CT molecular complexity index is 37.8. The molecule has 0 unspecified atom stereocenters. The van der Waals surface area contributed by atoms with Crippen LogP contribution in [-0.4, -0.2) is 23.3 Å². The Labute approximate surface area is 39.9 Å². The van der Waals surface area contributed by atoms with E-state index in [2.05, 4.69) is 4.74 Å². The lowest BCUT2D eigenvalue weighted by molar-refractivity contribution is -0.128. The number of carbonyl (C=O) groups is 1. The first-order chi connectivity index (χ1) is 2.91. The average Bonchev–Trinajstić information content (AvgIpc) is 1.61. The van der Waals surface area contributed by atoms with Crippen LogP contribution >= 0.6 is 0 Å². The first-order valence-electron chi connectivity index (χ1n) is 1.97. The fraction of sp³-hybridized carbons (Fsp3) is 0.667. The standard InChI is InChI=1S/C3H8O2Si/c4-3-5-1-2-6/h3H,1-2H2,6H3. The van der Waals surface area contributed by atoms with E-state index in [1.54, 1.807) is 0 Å². The van der Waals surface area contributed by atoms with Crippen molar-refractivity contribution < 1.29 is 9.53 Å². The normalized spacial score (nSPS) is 8.00. The molecule has 0 aromatic rings. The van der Waals surface area contributed by atoms with Crippen molar-refractivity contribution in [3.8, 4) is 0 Å². The lowest BCUT2D eigenvalue weighted by Gasteiger charge is -1.86. The van der Waals surface area contributed by atoms with E-state index < -0.39 is 0 Å². The molecule has 0 aromatic heterocycles. The van der Waals surface area contributed by atoms with Gasteiger partial charge in [-0.15, -0.1) is 0 Å². The zero-order valence-electron chi connectivity index (χ0n) is 3.81. The van der Waals surface area contributed by atoms with Gasteiger partial charge in [-0.05, 0) is 6.04 Å². The lowest BCUT2D eigenvalue weighted by atomic mass is 10.9. The maximum atomic E-state index is 9.36. The van der Waals surface area contributed by atoms with E-state index in [9.17, 15) is 4.79 Å². The highest BCUT2D eigenvalue weighted by atomic mass is 28.1. The van der Waals surface area contributed by atoms with Crippen molar-refractivity contribution in [3.05, 3.63) is 0 Å². The van der Waals surface area contributed by atoms with Gasteiger partial charge in [-0.1, -0.05) is 0 Å². The molecule has 36 valence electrons. The van der Waals surface area contributed by atoms with E-state index in [0.29, 0.717) is 13.1 Å². The molecular formula is C3H8O2Si. The second-order valence-electron chi connectivity index (χ2n) is 0.967. The van der Waals surface area contributed by atoms with Gasteiger partial charge in [-0.3, -0.25) is 4.79 Å². The molecule has 2 nitrogen and oxygen atoms in total. The van der Waals surface area contributed by atoms with Crippen molar-refractivity contribution in [2.75, 3.05) is 6.61 Å². The van der Waals surface area contributed by atoms with Gasteiger partial charge in [0.2, 0.25) is 0 Å². The second kappa shape index (κ2) is 4.69. The molecule has 6 heavy (non-hydrogen) atoms. The fourth-order valence-corrected chi connectivity index (χ4v) is 0.402. The fourth-order valence-electron chi connectivity index (χ4n) is 0.166. The van der Waals surface area contributed by atoms with Crippen LogP contribution in [0.5, 0.6) is 0 Å². The van der Waals surface area contributed by atoms with Gasteiger partial charge in [0.05, 0.1) is 6.61 Å². The third-order valence-corrected chi connectivity index (χ3v) is 0.798. The first kappa shape index (κ1) is 5.69. The summed E-state index contributed by atoms with van der Waals surface area (Å²) in [5, 5.41) is 0. The Morgan fingerprint density at radius 1 is 1.83 bits per heavy atom. The van der Waals surface area contributed by atoms with Gasteiger partial charge in [0.15, 0.2) is 0 Å². The largest absolute Gasteiger partial charge is 0.468 e. The van der Waals surface area contributed by atoms with Gasteiger partial charge >= 0.3 is 0 Å². The summed E-state index contributed by atoms with van der Waals surface area (Å²) in [4.78, 5) is 9.36. The van der Waals surface area contributed by atoms with Crippen LogP contribution in [0.25, 0.3) is 0 Å². The molecule has 0 bridgehead atoms. The molecule has 0 aliphatic heterocycles. The Balaban J connectivity index is 2.49. The summed E-state index contributed by atoms with van der Waals surface area (Å²) in [6.45, 7) is 1.09. The van der Waals surface area contributed by atoms with Crippen LogP contribution in [0, 0.1) is 0 Å². The summed E-state index contributed by atoms with van der Waals surface area (Å²) >= 11 is 0. The van der Waals surface area contributed by atoms with E-state index in [4.69, 9.17) is 0 Å². The molecule has 3 heteroatoms. The third-order valence-electron chi connectivity index (χ3n) is 0.390. The van der Waals surface area contributed by atoms with Crippen LogP contribution in [0.3, 0.4) is 0 Å². The predicted octanol–water partition coefficient (Wildman–Crippen LogP) is -1.06. The summed E-state index contributed by atoms with van der Waals surface area (Å²) in [7, 11) is 1.12. The van der Waals surface area contributed by atoms with Gasteiger partial charge in [-0.25, -0.2) is 0 Å². The van der Waals surface area contributed by atoms with E-state index in [1.807, 2.05) is 0 Å². The van der Waals surface area contributed by atoms with Crippen molar-refractivity contribution in [3.63, 3.8) is 0 Å². The summed E-state index contributed by atoms with van der Waals surface area (Å²) in [5.41, 5.74) is 0. The van der Waals surface area contributed by atoms with Gasteiger partial charge in [0, 0.05) is 10.2 Å². The molecule has 0 saturated heterocycles. The van der Waals surface area contributed by atoms with Gasteiger partial charge in [0.1, 0.15) is 0 Å². The summed E-state index contributed by atoms with van der Waals surface area (Å²) in [6.07, 6.45) is 0. The van der Waals surface area contributed by atoms with E-state index in [0.717, 1.165) is 16.3 Å². The van der Waals surface area contributed by atoms with Crippen molar-refractivity contribution in [2.45, 2.75) is 6.04 Å². The van der Waals surface area contributed by atoms with Crippen LogP contribution in [0.4, 0.5) is 0 Å². The topological polar surface area (TPSA) is 26.3 Å². The molecule has 0 aliphatic rings. The van der Waals surface area contributed by atoms with Gasteiger partial charge < -0.3 is 4.74 Å². The Morgan fingerprint density at radius 2 is 2.50 bits per heavy atom. The Morgan fingerprint density at radius 3 is 2.67 bits per heavy atom. The van der Waals surface area contributed by atoms with Crippen LogP contribution in [0.2, 0.25) is 6.04 Å². The highest BCUT2D eigenvalue weighted by Gasteiger charge is 1.71. The average molecular weight is 104 g/mol. The summed E-state index contributed by atoms with van der Waals surface area (Å²) in [5.74, 6) is 0. The van der Waals surface area contributed by atoms with Crippen molar-refractivity contribution >= 4 is 16.7 Å². The summed E-state index contributed by atoms with van der Waals surface area (Å²) in [6, 6.07) is 1.04. The molecular weight excluding hydrogens is 96.1 g/mol. The molecule has 0 saturated carbocycles. The Hall–Kier alpha value is -0.313. The van der Waals surface area contributed by atoms with Crippen molar-refractivity contribution in [1.29, 1.82) is 0 Å². The monoisotopic (exact) mass is 104 g/mol. The molecule has 0 amide bonds. The third kappa shape index (κ3) is 3.69. The molecule has 0 fully saturated rings. The molecule has 0 N–H and O–H groups in total. The van der Waals surface area contributed by atoms with Crippen LogP contribution in [0.15, 0.2) is 0 Å². The van der Waals surface area contributed by atoms with Crippen molar-refractivity contribution in [1.82, 2.24) is 0 Å². The molecule has 0 aliphatic carbocycles.